The summed E-state index contributed by atoms with van der Waals surface area (Å²) in [6.07, 6.45) is 6.27. The van der Waals surface area contributed by atoms with Gasteiger partial charge in [-0.25, -0.2) is 8.42 Å². The first-order chi connectivity index (χ1) is 8.84. The van der Waals surface area contributed by atoms with E-state index in [4.69, 9.17) is 5.11 Å². The van der Waals surface area contributed by atoms with Crippen LogP contribution in [0.4, 0.5) is 0 Å². The minimum atomic E-state index is -3.46. The van der Waals surface area contributed by atoms with Crippen molar-refractivity contribution in [2.75, 3.05) is 12.3 Å². The lowest BCUT2D eigenvalue weighted by molar-refractivity contribution is -0.140. The maximum atomic E-state index is 12.5. The van der Waals surface area contributed by atoms with Gasteiger partial charge in [0.05, 0.1) is 5.75 Å². The third-order valence-electron chi connectivity index (χ3n) is 4.44. The highest BCUT2D eigenvalue weighted by atomic mass is 32.2. The second-order valence-corrected chi connectivity index (χ2v) is 8.16. The Morgan fingerprint density at radius 3 is 2.47 bits per heavy atom. The second-order valence-electron chi connectivity index (χ2n) is 6.23. The summed E-state index contributed by atoms with van der Waals surface area (Å²) in [5.74, 6) is -0.918. The molecule has 1 saturated carbocycles. The highest BCUT2D eigenvalue weighted by Crippen LogP contribution is 2.38. The standard InChI is InChI=1S/C13H23NO4S/c1-13(7-3-2-4-8-13)10-19(17,18)14-9-5-6-11(14)12(15)16/h11H,2-10H2,1H3,(H,15,16). The molecule has 2 rings (SSSR count). The quantitative estimate of drug-likeness (QED) is 0.857. The van der Waals surface area contributed by atoms with Crippen molar-refractivity contribution in [3.8, 4) is 0 Å². The SMILES string of the molecule is CC1(CS(=O)(=O)N2CCCC2C(=O)O)CCCCC1. The third-order valence-corrected chi connectivity index (χ3v) is 6.65. The molecule has 1 N–H and O–H groups in total. The zero-order valence-corrected chi connectivity index (χ0v) is 12.3. The lowest BCUT2D eigenvalue weighted by Crippen LogP contribution is -2.44. The van der Waals surface area contributed by atoms with Crippen LogP contribution in [0, 0.1) is 5.41 Å². The van der Waals surface area contributed by atoms with Crippen molar-refractivity contribution in [2.45, 2.75) is 57.9 Å². The molecule has 1 aliphatic heterocycles. The van der Waals surface area contributed by atoms with Gasteiger partial charge in [0.1, 0.15) is 6.04 Å². The number of rotatable bonds is 4. The Labute approximate surface area is 115 Å². The topological polar surface area (TPSA) is 74.7 Å². The van der Waals surface area contributed by atoms with Crippen LogP contribution in [0.2, 0.25) is 0 Å². The van der Waals surface area contributed by atoms with Gasteiger partial charge < -0.3 is 5.11 Å². The number of carboxylic acids is 1. The van der Waals surface area contributed by atoms with E-state index in [9.17, 15) is 13.2 Å². The third kappa shape index (κ3) is 3.28. The van der Waals surface area contributed by atoms with Gasteiger partial charge in [0.2, 0.25) is 10.0 Å². The van der Waals surface area contributed by atoms with Crippen LogP contribution in [-0.4, -0.2) is 42.1 Å². The normalized spacial score (nSPS) is 28.4. The maximum absolute atomic E-state index is 12.5. The van der Waals surface area contributed by atoms with Crippen LogP contribution in [0.5, 0.6) is 0 Å². The fourth-order valence-electron chi connectivity index (χ4n) is 3.39. The molecule has 0 aromatic heterocycles. The van der Waals surface area contributed by atoms with E-state index in [2.05, 4.69) is 0 Å². The van der Waals surface area contributed by atoms with E-state index >= 15 is 0 Å². The van der Waals surface area contributed by atoms with E-state index in [1.54, 1.807) is 0 Å². The van der Waals surface area contributed by atoms with E-state index in [1.165, 1.54) is 10.7 Å². The van der Waals surface area contributed by atoms with Gasteiger partial charge in [-0.1, -0.05) is 26.2 Å². The molecule has 1 heterocycles. The molecule has 1 atom stereocenters. The Morgan fingerprint density at radius 1 is 1.26 bits per heavy atom. The zero-order chi connectivity index (χ0) is 14.1. The smallest absolute Gasteiger partial charge is 0.322 e. The Balaban J connectivity index is 2.11. The molecule has 5 nitrogen and oxygen atoms in total. The van der Waals surface area contributed by atoms with Gasteiger partial charge in [-0.05, 0) is 31.1 Å². The molecule has 0 radical (unpaired) electrons. The highest BCUT2D eigenvalue weighted by Gasteiger charge is 2.42. The minimum Gasteiger partial charge on any atom is -0.480 e. The van der Waals surface area contributed by atoms with E-state index in [-0.39, 0.29) is 11.2 Å². The van der Waals surface area contributed by atoms with E-state index in [0.29, 0.717) is 19.4 Å². The molecule has 0 bridgehead atoms. The molecule has 6 heteroatoms. The molecule has 19 heavy (non-hydrogen) atoms. The van der Waals surface area contributed by atoms with Crippen LogP contribution in [0.15, 0.2) is 0 Å². The fraction of sp³-hybridized carbons (Fsp3) is 0.923. The number of hydrogen-bond acceptors (Lipinski definition) is 3. The Kier molecular flexibility index (Phi) is 4.20. The van der Waals surface area contributed by atoms with E-state index in [1.807, 2.05) is 6.92 Å². The summed E-state index contributed by atoms with van der Waals surface area (Å²) in [7, 11) is -3.46. The van der Waals surface area contributed by atoms with Gasteiger partial charge in [-0.3, -0.25) is 4.79 Å². The van der Waals surface area contributed by atoms with Gasteiger partial charge in [0, 0.05) is 6.54 Å². The number of aliphatic carboxylic acids is 1. The van der Waals surface area contributed by atoms with Crippen molar-refractivity contribution in [3.63, 3.8) is 0 Å². The summed E-state index contributed by atoms with van der Waals surface area (Å²) in [5, 5.41) is 9.11. The van der Waals surface area contributed by atoms with E-state index < -0.39 is 22.0 Å². The number of hydrogen-bond donors (Lipinski definition) is 1. The van der Waals surface area contributed by atoms with E-state index in [0.717, 1.165) is 25.7 Å². The van der Waals surface area contributed by atoms with Crippen LogP contribution in [0.1, 0.15) is 51.9 Å². The summed E-state index contributed by atoms with van der Waals surface area (Å²) >= 11 is 0. The summed E-state index contributed by atoms with van der Waals surface area (Å²) in [4.78, 5) is 11.1. The first-order valence-electron chi connectivity index (χ1n) is 7.06. The number of carbonyl (C=O) groups is 1. The molecule has 110 valence electrons. The molecule has 0 amide bonds. The lowest BCUT2D eigenvalue weighted by atomic mass is 9.77. The maximum Gasteiger partial charge on any atom is 0.322 e. The van der Waals surface area contributed by atoms with Crippen molar-refractivity contribution in [1.29, 1.82) is 0 Å². The summed E-state index contributed by atoms with van der Waals surface area (Å²) in [5.41, 5.74) is -0.178. The Bertz CT molecular complexity index is 440. The first-order valence-corrected chi connectivity index (χ1v) is 8.67. The van der Waals surface area contributed by atoms with Crippen molar-refractivity contribution in [2.24, 2.45) is 5.41 Å². The molecular weight excluding hydrogens is 266 g/mol. The van der Waals surface area contributed by atoms with Crippen LogP contribution >= 0.6 is 0 Å². The number of sulfonamides is 1. The Hall–Kier alpha value is -0.620. The van der Waals surface area contributed by atoms with Gasteiger partial charge in [-0.15, -0.1) is 0 Å². The van der Waals surface area contributed by atoms with Gasteiger partial charge in [-0.2, -0.15) is 4.31 Å². The van der Waals surface area contributed by atoms with Gasteiger partial charge in [0.25, 0.3) is 0 Å². The summed E-state index contributed by atoms with van der Waals surface area (Å²) in [6, 6.07) is -0.850. The van der Waals surface area contributed by atoms with Crippen LogP contribution in [-0.2, 0) is 14.8 Å². The average Bonchev–Trinajstić information content (AvgIpc) is 2.78. The molecule has 1 unspecified atom stereocenters. The molecule has 2 aliphatic rings. The largest absolute Gasteiger partial charge is 0.480 e. The Morgan fingerprint density at radius 2 is 1.89 bits per heavy atom. The van der Waals surface area contributed by atoms with Gasteiger partial charge in [0.15, 0.2) is 0 Å². The number of nitrogens with zero attached hydrogens (tertiary/aromatic N) is 1. The molecule has 1 aliphatic carbocycles. The molecule has 0 aromatic rings. The van der Waals surface area contributed by atoms with Crippen LogP contribution in [0.3, 0.4) is 0 Å². The second kappa shape index (κ2) is 5.40. The zero-order valence-electron chi connectivity index (χ0n) is 11.5. The monoisotopic (exact) mass is 289 g/mol. The first kappa shape index (κ1) is 14.8. The van der Waals surface area contributed by atoms with Crippen molar-refractivity contribution in [3.05, 3.63) is 0 Å². The summed E-state index contributed by atoms with van der Waals surface area (Å²) in [6.45, 7) is 2.38. The number of carboxylic acid groups (broad SMARTS) is 1. The molecule has 0 aromatic carbocycles. The van der Waals surface area contributed by atoms with Crippen LogP contribution < -0.4 is 0 Å². The van der Waals surface area contributed by atoms with Crippen LogP contribution in [0.25, 0.3) is 0 Å². The molecular formula is C13H23NO4S. The lowest BCUT2D eigenvalue weighted by Gasteiger charge is -2.35. The average molecular weight is 289 g/mol. The predicted molar refractivity (Wildman–Crippen MR) is 72.3 cm³/mol. The highest BCUT2D eigenvalue weighted by molar-refractivity contribution is 7.89. The predicted octanol–water partition coefficient (Wildman–Crippen LogP) is 1.84. The summed E-state index contributed by atoms with van der Waals surface area (Å²) < 4.78 is 26.2. The minimum absolute atomic E-state index is 0.101. The van der Waals surface area contributed by atoms with Gasteiger partial charge >= 0.3 is 5.97 Å². The molecule has 1 saturated heterocycles. The molecule has 0 spiro atoms. The van der Waals surface area contributed by atoms with Crippen molar-refractivity contribution < 1.29 is 18.3 Å². The fourth-order valence-corrected chi connectivity index (χ4v) is 5.72. The van der Waals surface area contributed by atoms with Crippen molar-refractivity contribution >= 4 is 16.0 Å². The molecule has 2 fully saturated rings. The van der Waals surface area contributed by atoms with Crippen molar-refractivity contribution in [1.82, 2.24) is 4.31 Å².